The minimum Gasteiger partial charge on any atom is -0.372 e. The zero-order valence-electron chi connectivity index (χ0n) is 8.35. The maximum absolute atomic E-state index is 10.7. The molecule has 0 radical (unpaired) electrons. The minimum atomic E-state index is -0.583. The SMILES string of the molecule is NC(=O)COCCC1CC1CC(=O)N=O. The van der Waals surface area contributed by atoms with E-state index in [1.165, 1.54) is 0 Å². The largest absolute Gasteiger partial charge is 0.372 e. The second-order valence-corrected chi connectivity index (χ2v) is 3.75. The molecule has 0 aromatic heterocycles. The number of nitroso groups, excluding NO2 is 1. The van der Waals surface area contributed by atoms with Crippen LogP contribution in [-0.2, 0) is 14.3 Å². The number of primary amides is 1. The number of ether oxygens (including phenoxy) is 1. The lowest BCUT2D eigenvalue weighted by Gasteiger charge is -2.00. The zero-order valence-corrected chi connectivity index (χ0v) is 8.35. The third kappa shape index (κ3) is 4.64. The average molecular weight is 214 g/mol. The summed E-state index contributed by atoms with van der Waals surface area (Å²) >= 11 is 0. The molecule has 15 heavy (non-hydrogen) atoms. The second kappa shape index (κ2) is 5.55. The molecule has 0 aromatic carbocycles. The van der Waals surface area contributed by atoms with Crippen LogP contribution in [0.25, 0.3) is 0 Å². The Bertz CT molecular complexity index is 267. The number of carbonyl (C=O) groups excluding carboxylic acids is 2. The topological polar surface area (TPSA) is 98.8 Å². The van der Waals surface area contributed by atoms with Gasteiger partial charge in [-0.05, 0) is 24.7 Å². The highest BCUT2D eigenvalue weighted by molar-refractivity contribution is 5.77. The Hall–Kier alpha value is -1.30. The van der Waals surface area contributed by atoms with Crippen molar-refractivity contribution < 1.29 is 14.3 Å². The number of hydrogen-bond donors (Lipinski definition) is 1. The first-order valence-corrected chi connectivity index (χ1v) is 4.85. The summed E-state index contributed by atoms with van der Waals surface area (Å²) in [7, 11) is 0. The molecule has 1 fully saturated rings. The van der Waals surface area contributed by atoms with Crippen molar-refractivity contribution >= 4 is 11.8 Å². The third-order valence-electron chi connectivity index (χ3n) is 2.48. The van der Waals surface area contributed by atoms with E-state index in [4.69, 9.17) is 10.5 Å². The van der Waals surface area contributed by atoms with Crippen molar-refractivity contribution in [2.45, 2.75) is 19.3 Å². The van der Waals surface area contributed by atoms with Crippen molar-refractivity contribution in [2.75, 3.05) is 13.2 Å². The van der Waals surface area contributed by atoms with Crippen LogP contribution < -0.4 is 5.73 Å². The van der Waals surface area contributed by atoms with Crippen LogP contribution in [0.1, 0.15) is 19.3 Å². The lowest BCUT2D eigenvalue weighted by molar-refractivity contribution is -0.122. The van der Waals surface area contributed by atoms with Crippen LogP contribution in [0.2, 0.25) is 0 Å². The Balaban J connectivity index is 1.99. The maximum Gasteiger partial charge on any atom is 0.286 e. The molecule has 6 heteroatoms. The summed E-state index contributed by atoms with van der Waals surface area (Å²) in [5.41, 5.74) is 4.88. The highest BCUT2D eigenvalue weighted by Crippen LogP contribution is 2.43. The van der Waals surface area contributed by atoms with Gasteiger partial charge in [-0.3, -0.25) is 9.59 Å². The lowest BCUT2D eigenvalue weighted by atomic mass is 10.2. The van der Waals surface area contributed by atoms with E-state index in [1.807, 2.05) is 0 Å². The molecule has 1 saturated carbocycles. The molecular formula is C9H14N2O4. The van der Waals surface area contributed by atoms with E-state index in [2.05, 4.69) is 5.18 Å². The van der Waals surface area contributed by atoms with Crippen LogP contribution in [-0.4, -0.2) is 25.0 Å². The number of rotatable bonds is 7. The van der Waals surface area contributed by atoms with Crippen molar-refractivity contribution in [3.8, 4) is 0 Å². The Kier molecular flexibility index (Phi) is 4.36. The predicted octanol–water partition coefficient (Wildman–Crippen LogP) is 0.198. The molecule has 2 unspecified atom stereocenters. The van der Waals surface area contributed by atoms with Crippen LogP contribution in [0.15, 0.2) is 5.18 Å². The number of carbonyl (C=O) groups is 2. The van der Waals surface area contributed by atoms with E-state index >= 15 is 0 Å². The van der Waals surface area contributed by atoms with Gasteiger partial charge in [-0.15, -0.1) is 4.91 Å². The molecule has 6 nitrogen and oxygen atoms in total. The fourth-order valence-corrected chi connectivity index (χ4v) is 1.58. The molecule has 0 aromatic rings. The molecule has 1 aliphatic carbocycles. The van der Waals surface area contributed by atoms with Crippen LogP contribution >= 0.6 is 0 Å². The van der Waals surface area contributed by atoms with Crippen LogP contribution in [0.3, 0.4) is 0 Å². The molecule has 0 heterocycles. The zero-order chi connectivity index (χ0) is 11.3. The molecule has 0 bridgehead atoms. The van der Waals surface area contributed by atoms with Crippen molar-refractivity contribution in [2.24, 2.45) is 22.7 Å². The molecule has 2 atom stereocenters. The van der Waals surface area contributed by atoms with Crippen LogP contribution in [0.4, 0.5) is 0 Å². The third-order valence-corrected chi connectivity index (χ3v) is 2.48. The van der Waals surface area contributed by atoms with E-state index < -0.39 is 11.8 Å². The molecule has 1 aliphatic rings. The van der Waals surface area contributed by atoms with Crippen molar-refractivity contribution in [1.29, 1.82) is 0 Å². The standard InChI is InChI=1S/C9H14N2O4/c10-8(12)5-15-2-1-6-3-7(6)4-9(13)11-14/h6-7H,1-5H2,(H2,10,12). The fraction of sp³-hybridized carbons (Fsp3) is 0.778. The van der Waals surface area contributed by atoms with Gasteiger partial charge >= 0.3 is 0 Å². The quantitative estimate of drug-likeness (QED) is 0.483. The molecule has 2 amide bonds. The molecule has 0 aliphatic heterocycles. The molecular weight excluding hydrogens is 200 g/mol. The normalized spacial score (nSPS) is 23.5. The maximum atomic E-state index is 10.7. The van der Waals surface area contributed by atoms with Crippen molar-refractivity contribution in [3.05, 3.63) is 4.91 Å². The van der Waals surface area contributed by atoms with Crippen LogP contribution in [0, 0.1) is 16.7 Å². The smallest absolute Gasteiger partial charge is 0.286 e. The first-order valence-electron chi connectivity index (χ1n) is 4.85. The molecule has 84 valence electrons. The number of amides is 2. The van der Waals surface area contributed by atoms with Gasteiger partial charge in [-0.1, -0.05) is 0 Å². The Morgan fingerprint density at radius 2 is 2.13 bits per heavy atom. The van der Waals surface area contributed by atoms with Gasteiger partial charge in [-0.25, -0.2) is 0 Å². The molecule has 0 spiro atoms. The molecule has 1 rings (SSSR count). The van der Waals surface area contributed by atoms with E-state index in [9.17, 15) is 14.5 Å². The second-order valence-electron chi connectivity index (χ2n) is 3.75. The summed E-state index contributed by atoms with van der Waals surface area (Å²) in [5.74, 6) is -0.376. The number of nitrogens with zero attached hydrogens (tertiary/aromatic N) is 1. The first kappa shape index (κ1) is 11.8. The Labute approximate surface area is 87.1 Å². The summed E-state index contributed by atoms with van der Waals surface area (Å²) in [6.07, 6.45) is 1.97. The van der Waals surface area contributed by atoms with Gasteiger partial charge < -0.3 is 10.5 Å². The number of nitrogens with two attached hydrogens (primary N) is 1. The van der Waals surface area contributed by atoms with E-state index in [0.29, 0.717) is 12.5 Å². The Morgan fingerprint density at radius 1 is 1.40 bits per heavy atom. The van der Waals surface area contributed by atoms with Crippen LogP contribution in [0.5, 0.6) is 0 Å². The minimum absolute atomic E-state index is 0.0633. The summed E-state index contributed by atoms with van der Waals surface area (Å²) < 4.78 is 4.98. The lowest BCUT2D eigenvalue weighted by Crippen LogP contribution is -2.18. The van der Waals surface area contributed by atoms with Crippen molar-refractivity contribution in [3.63, 3.8) is 0 Å². The Morgan fingerprint density at radius 3 is 2.73 bits per heavy atom. The van der Waals surface area contributed by atoms with Gasteiger partial charge in [0.25, 0.3) is 5.91 Å². The highest BCUT2D eigenvalue weighted by Gasteiger charge is 2.37. The van der Waals surface area contributed by atoms with E-state index in [0.717, 1.165) is 12.8 Å². The van der Waals surface area contributed by atoms with Gasteiger partial charge in [-0.2, -0.15) is 0 Å². The fourth-order valence-electron chi connectivity index (χ4n) is 1.58. The monoisotopic (exact) mass is 214 g/mol. The summed E-state index contributed by atoms with van der Waals surface area (Å²) in [6, 6.07) is 0. The first-order chi connectivity index (χ1) is 7.13. The highest BCUT2D eigenvalue weighted by atomic mass is 16.5. The van der Waals surface area contributed by atoms with Gasteiger partial charge in [0.1, 0.15) is 6.61 Å². The molecule has 2 N–H and O–H groups in total. The van der Waals surface area contributed by atoms with Gasteiger partial charge in [0.2, 0.25) is 5.91 Å². The van der Waals surface area contributed by atoms with Gasteiger partial charge in [0, 0.05) is 18.2 Å². The predicted molar refractivity (Wildman–Crippen MR) is 51.6 cm³/mol. The van der Waals surface area contributed by atoms with Gasteiger partial charge in [0.05, 0.1) is 0 Å². The summed E-state index contributed by atoms with van der Waals surface area (Å²) in [4.78, 5) is 30.8. The van der Waals surface area contributed by atoms with E-state index in [1.54, 1.807) is 0 Å². The summed E-state index contributed by atoms with van der Waals surface area (Å²) in [5, 5.41) is 2.34. The molecule has 0 saturated heterocycles. The van der Waals surface area contributed by atoms with Crippen molar-refractivity contribution in [1.82, 2.24) is 0 Å². The summed E-state index contributed by atoms with van der Waals surface area (Å²) in [6.45, 7) is 0.402. The number of hydrogen-bond acceptors (Lipinski definition) is 4. The average Bonchev–Trinajstić information content (AvgIpc) is 2.91. The van der Waals surface area contributed by atoms with Gasteiger partial charge in [0.15, 0.2) is 0 Å². The van der Waals surface area contributed by atoms with E-state index in [-0.39, 0.29) is 18.9 Å².